The van der Waals surface area contributed by atoms with Crippen molar-refractivity contribution in [1.29, 1.82) is 0 Å². The van der Waals surface area contributed by atoms with E-state index >= 15 is 0 Å². The molecule has 4 rings (SSSR count). The van der Waals surface area contributed by atoms with Gasteiger partial charge in [0.15, 0.2) is 11.5 Å². The number of hydrogen-bond donors (Lipinski definition) is 2. The molecule has 0 saturated carbocycles. The molecular weight excluding hydrogens is 378 g/mol. The van der Waals surface area contributed by atoms with E-state index in [4.69, 9.17) is 14.2 Å². The normalized spacial score (nSPS) is 22.8. The van der Waals surface area contributed by atoms with E-state index in [9.17, 15) is 14.4 Å². The first-order valence-corrected chi connectivity index (χ1v) is 8.92. The predicted octanol–water partition coefficient (Wildman–Crippen LogP) is 1.33. The minimum atomic E-state index is -1.35. The molecule has 9 nitrogen and oxygen atoms in total. The number of ether oxygens (including phenoxy) is 3. The van der Waals surface area contributed by atoms with Gasteiger partial charge in [-0.25, -0.2) is 4.79 Å². The number of carbonyl (C=O) groups is 3. The maximum atomic E-state index is 13.0. The van der Waals surface area contributed by atoms with Gasteiger partial charge in [-0.2, -0.15) is 5.01 Å². The van der Waals surface area contributed by atoms with Crippen LogP contribution in [0.25, 0.3) is 0 Å². The Kier molecular flexibility index (Phi) is 4.50. The largest absolute Gasteiger partial charge is 0.497 e. The maximum Gasteiger partial charge on any atom is 0.344 e. The summed E-state index contributed by atoms with van der Waals surface area (Å²) in [5.74, 6) is 0.188. The summed E-state index contributed by atoms with van der Waals surface area (Å²) in [7, 11) is 1.51. The van der Waals surface area contributed by atoms with Gasteiger partial charge in [0.1, 0.15) is 17.9 Å². The zero-order valence-corrected chi connectivity index (χ0v) is 15.8. The minimum Gasteiger partial charge on any atom is -0.497 e. The smallest absolute Gasteiger partial charge is 0.344 e. The Bertz CT molecular complexity index is 994. The Morgan fingerprint density at radius 1 is 1.21 bits per heavy atom. The molecular formula is C20H19N3O6. The topological polar surface area (TPSA) is 106 Å². The van der Waals surface area contributed by atoms with E-state index in [-0.39, 0.29) is 6.61 Å². The Balaban J connectivity index is 1.50. The summed E-state index contributed by atoms with van der Waals surface area (Å²) in [4.78, 5) is 38.0. The number of urea groups is 1. The Labute approximate surface area is 166 Å². The lowest BCUT2D eigenvalue weighted by Gasteiger charge is -2.27. The predicted molar refractivity (Wildman–Crippen MR) is 100 cm³/mol. The molecule has 4 amide bonds. The van der Waals surface area contributed by atoms with Crippen molar-refractivity contribution in [3.8, 4) is 17.2 Å². The molecule has 0 bridgehead atoms. The third kappa shape index (κ3) is 3.20. The van der Waals surface area contributed by atoms with Crippen LogP contribution in [-0.2, 0) is 15.1 Å². The average Bonchev–Trinajstić information content (AvgIpc) is 2.97. The van der Waals surface area contributed by atoms with Crippen molar-refractivity contribution in [2.24, 2.45) is 0 Å². The van der Waals surface area contributed by atoms with E-state index in [2.05, 4.69) is 10.7 Å². The van der Waals surface area contributed by atoms with E-state index in [0.717, 1.165) is 0 Å². The Hall–Kier alpha value is -3.75. The van der Waals surface area contributed by atoms with Crippen LogP contribution in [0.5, 0.6) is 17.2 Å². The van der Waals surface area contributed by atoms with Crippen LogP contribution in [-0.4, -0.2) is 42.7 Å². The number of nitrogens with one attached hydrogen (secondary N) is 2. The van der Waals surface area contributed by atoms with Crippen molar-refractivity contribution in [2.75, 3.05) is 13.7 Å². The molecule has 2 aliphatic rings. The molecule has 0 aliphatic carbocycles. The lowest BCUT2D eigenvalue weighted by Crippen LogP contribution is -2.53. The average molecular weight is 397 g/mol. The van der Waals surface area contributed by atoms with Crippen molar-refractivity contribution in [1.82, 2.24) is 15.8 Å². The molecule has 2 N–H and O–H groups in total. The van der Waals surface area contributed by atoms with E-state index in [1.54, 1.807) is 55.5 Å². The SMILES string of the molecule is COc1cccc([C@]2(C)NC(=O)N(NC(=O)[C@@H]3COc4ccccc4O3)C2=O)c1. The van der Waals surface area contributed by atoms with Crippen LogP contribution in [0.15, 0.2) is 48.5 Å². The highest BCUT2D eigenvalue weighted by Crippen LogP contribution is 2.32. The monoisotopic (exact) mass is 397 g/mol. The number of nitrogens with zero attached hydrogens (tertiary/aromatic N) is 1. The van der Waals surface area contributed by atoms with Gasteiger partial charge in [0.25, 0.3) is 11.8 Å². The summed E-state index contributed by atoms with van der Waals surface area (Å²) < 4.78 is 16.3. The molecule has 2 heterocycles. The summed E-state index contributed by atoms with van der Waals surface area (Å²) in [6, 6.07) is 13.0. The van der Waals surface area contributed by atoms with Crippen LogP contribution in [0, 0.1) is 0 Å². The van der Waals surface area contributed by atoms with Gasteiger partial charge in [-0.1, -0.05) is 24.3 Å². The molecule has 0 aromatic heterocycles. The molecule has 0 unspecified atom stereocenters. The molecule has 2 aliphatic heterocycles. The van der Waals surface area contributed by atoms with Gasteiger partial charge in [0.2, 0.25) is 6.10 Å². The second-order valence-electron chi connectivity index (χ2n) is 6.77. The summed E-state index contributed by atoms with van der Waals surface area (Å²) in [6.07, 6.45) is -1.01. The Morgan fingerprint density at radius 2 is 1.97 bits per heavy atom. The number of rotatable bonds is 4. The Morgan fingerprint density at radius 3 is 2.72 bits per heavy atom. The standard InChI is InChI=1S/C20H19N3O6/c1-20(12-6-5-7-13(10-12)27-2)18(25)23(19(26)21-20)22-17(24)16-11-28-14-8-3-4-9-15(14)29-16/h3-10,16H,11H2,1-2H3,(H,21,26)(H,22,24)/t16-,20-/m0/s1. The summed E-state index contributed by atoms with van der Waals surface area (Å²) in [6.45, 7) is 1.52. The molecule has 2 aromatic carbocycles. The molecule has 150 valence electrons. The number of hydrogen-bond acceptors (Lipinski definition) is 6. The van der Waals surface area contributed by atoms with Gasteiger partial charge in [0.05, 0.1) is 7.11 Å². The molecule has 29 heavy (non-hydrogen) atoms. The van der Waals surface area contributed by atoms with Gasteiger partial charge >= 0.3 is 6.03 Å². The molecule has 1 saturated heterocycles. The number of fused-ring (bicyclic) bond motifs is 1. The second-order valence-corrected chi connectivity index (χ2v) is 6.77. The number of carbonyl (C=O) groups excluding carboxylic acids is 3. The van der Waals surface area contributed by atoms with Crippen molar-refractivity contribution < 1.29 is 28.6 Å². The molecule has 0 radical (unpaired) electrons. The van der Waals surface area contributed by atoms with Crippen LogP contribution in [0.1, 0.15) is 12.5 Å². The lowest BCUT2D eigenvalue weighted by molar-refractivity contribution is -0.143. The zero-order chi connectivity index (χ0) is 20.6. The molecule has 1 fully saturated rings. The van der Waals surface area contributed by atoms with Crippen LogP contribution < -0.4 is 25.0 Å². The quantitative estimate of drug-likeness (QED) is 0.754. The fourth-order valence-electron chi connectivity index (χ4n) is 3.20. The summed E-state index contributed by atoms with van der Waals surface area (Å²) >= 11 is 0. The number of hydrazine groups is 1. The lowest BCUT2D eigenvalue weighted by atomic mass is 9.92. The van der Waals surface area contributed by atoms with E-state index in [0.29, 0.717) is 27.8 Å². The van der Waals surface area contributed by atoms with Gasteiger partial charge in [-0.15, -0.1) is 0 Å². The van der Waals surface area contributed by atoms with Gasteiger partial charge < -0.3 is 19.5 Å². The number of methoxy groups -OCH3 is 1. The van der Waals surface area contributed by atoms with E-state index in [1.165, 1.54) is 7.11 Å². The highest BCUT2D eigenvalue weighted by Gasteiger charge is 2.50. The van der Waals surface area contributed by atoms with Crippen molar-refractivity contribution in [3.63, 3.8) is 0 Å². The highest BCUT2D eigenvalue weighted by molar-refractivity contribution is 6.08. The van der Waals surface area contributed by atoms with E-state index in [1.807, 2.05) is 0 Å². The first-order valence-electron chi connectivity index (χ1n) is 8.92. The van der Waals surface area contributed by atoms with Crippen LogP contribution in [0.4, 0.5) is 4.79 Å². The second kappa shape index (κ2) is 7.01. The molecule has 2 aromatic rings. The summed E-state index contributed by atoms with van der Waals surface area (Å²) in [5.41, 5.74) is 1.50. The van der Waals surface area contributed by atoms with Crippen LogP contribution in [0.2, 0.25) is 0 Å². The zero-order valence-electron chi connectivity index (χ0n) is 15.8. The fourth-order valence-corrected chi connectivity index (χ4v) is 3.20. The number of amides is 4. The molecule has 9 heteroatoms. The first-order chi connectivity index (χ1) is 13.9. The maximum absolute atomic E-state index is 13.0. The molecule has 0 spiro atoms. The molecule has 2 atom stereocenters. The third-order valence-electron chi connectivity index (χ3n) is 4.86. The van der Waals surface area contributed by atoms with Gasteiger partial charge in [-0.05, 0) is 36.8 Å². The number of benzene rings is 2. The number of para-hydroxylation sites is 2. The van der Waals surface area contributed by atoms with Crippen LogP contribution >= 0.6 is 0 Å². The van der Waals surface area contributed by atoms with Gasteiger partial charge in [0, 0.05) is 0 Å². The number of imide groups is 1. The van der Waals surface area contributed by atoms with Crippen LogP contribution in [0.3, 0.4) is 0 Å². The fraction of sp³-hybridized carbons (Fsp3) is 0.250. The third-order valence-corrected chi connectivity index (χ3v) is 4.86. The summed E-state index contributed by atoms with van der Waals surface area (Å²) in [5, 5.41) is 3.28. The van der Waals surface area contributed by atoms with Crippen molar-refractivity contribution >= 4 is 17.8 Å². The van der Waals surface area contributed by atoms with E-state index < -0.39 is 29.5 Å². The van der Waals surface area contributed by atoms with Crippen molar-refractivity contribution in [3.05, 3.63) is 54.1 Å². The van der Waals surface area contributed by atoms with Crippen molar-refractivity contribution in [2.45, 2.75) is 18.6 Å². The minimum absolute atomic E-state index is 0.0420. The van der Waals surface area contributed by atoms with Gasteiger partial charge in [-0.3, -0.25) is 15.0 Å². The first kappa shape index (κ1) is 18.6. The highest BCUT2D eigenvalue weighted by atomic mass is 16.6.